The van der Waals surface area contributed by atoms with Crippen LogP contribution in [-0.2, 0) is 13.1 Å². The smallest absolute Gasteiger partial charge is 0.317 e. The van der Waals surface area contributed by atoms with Gasteiger partial charge in [-0.1, -0.05) is 35.9 Å². The molecule has 1 N–H and O–H groups in total. The molecule has 0 radical (unpaired) electrons. The molecule has 4 nitrogen and oxygen atoms in total. The average molecular weight is 346 g/mol. The normalized spacial score (nSPS) is 10.7. The Balaban J connectivity index is 1.58. The number of urea groups is 1. The second kappa shape index (κ2) is 6.98. The molecule has 0 aliphatic carbocycles. The van der Waals surface area contributed by atoms with Crippen molar-refractivity contribution in [2.75, 3.05) is 7.05 Å². The predicted octanol–water partition coefficient (Wildman–Crippen LogP) is 4.29. The number of thiazole rings is 1. The van der Waals surface area contributed by atoms with E-state index in [1.807, 2.05) is 48.5 Å². The predicted molar refractivity (Wildman–Crippen MR) is 94.8 cm³/mol. The van der Waals surface area contributed by atoms with Gasteiger partial charge in [0.2, 0.25) is 0 Å². The number of hydrogen-bond acceptors (Lipinski definition) is 3. The third-order valence-corrected chi connectivity index (χ3v) is 4.65. The van der Waals surface area contributed by atoms with E-state index in [0.717, 1.165) is 20.8 Å². The molecule has 2 aromatic carbocycles. The van der Waals surface area contributed by atoms with Crippen molar-refractivity contribution in [3.8, 4) is 0 Å². The van der Waals surface area contributed by atoms with Crippen LogP contribution in [0, 0.1) is 0 Å². The fourth-order valence-electron chi connectivity index (χ4n) is 2.22. The highest BCUT2D eigenvalue weighted by atomic mass is 35.5. The third-order valence-electron chi connectivity index (χ3n) is 3.39. The lowest BCUT2D eigenvalue weighted by Crippen LogP contribution is -2.36. The first-order valence-electron chi connectivity index (χ1n) is 7.19. The minimum Gasteiger partial charge on any atom is -0.334 e. The molecule has 0 saturated heterocycles. The number of amides is 2. The zero-order valence-electron chi connectivity index (χ0n) is 12.6. The maximum atomic E-state index is 12.2. The number of aromatic nitrogens is 1. The first-order valence-corrected chi connectivity index (χ1v) is 8.39. The summed E-state index contributed by atoms with van der Waals surface area (Å²) in [4.78, 5) is 18.4. The van der Waals surface area contributed by atoms with Gasteiger partial charge in [0.25, 0.3) is 0 Å². The average Bonchev–Trinajstić information content (AvgIpc) is 2.94. The molecule has 0 spiro atoms. The second-order valence-corrected chi connectivity index (χ2v) is 6.77. The van der Waals surface area contributed by atoms with Crippen molar-refractivity contribution in [3.05, 3.63) is 64.1 Å². The van der Waals surface area contributed by atoms with Crippen LogP contribution in [0.5, 0.6) is 0 Å². The zero-order valence-corrected chi connectivity index (χ0v) is 14.2. The van der Waals surface area contributed by atoms with E-state index >= 15 is 0 Å². The summed E-state index contributed by atoms with van der Waals surface area (Å²) in [5.74, 6) is 0. The summed E-state index contributed by atoms with van der Waals surface area (Å²) in [6.45, 7) is 0.935. The number of carbonyl (C=O) groups is 1. The molecule has 118 valence electrons. The molecular formula is C17H16ClN3OS. The summed E-state index contributed by atoms with van der Waals surface area (Å²) in [7, 11) is 1.76. The largest absolute Gasteiger partial charge is 0.334 e. The van der Waals surface area contributed by atoms with Gasteiger partial charge >= 0.3 is 6.03 Å². The summed E-state index contributed by atoms with van der Waals surface area (Å²) in [5, 5.41) is 4.47. The number of carbonyl (C=O) groups excluding carboxylic acids is 1. The van der Waals surface area contributed by atoms with Crippen LogP contribution < -0.4 is 5.32 Å². The molecule has 1 heterocycles. The molecule has 0 bridgehead atoms. The molecule has 3 aromatic rings. The number of hydrogen-bond donors (Lipinski definition) is 1. The van der Waals surface area contributed by atoms with Gasteiger partial charge in [-0.3, -0.25) is 0 Å². The van der Waals surface area contributed by atoms with Crippen molar-refractivity contribution in [2.45, 2.75) is 13.1 Å². The van der Waals surface area contributed by atoms with Crippen molar-refractivity contribution in [2.24, 2.45) is 0 Å². The van der Waals surface area contributed by atoms with Crippen LogP contribution >= 0.6 is 22.9 Å². The minimum atomic E-state index is -0.135. The lowest BCUT2D eigenvalue weighted by atomic mass is 10.2. The van der Waals surface area contributed by atoms with Gasteiger partial charge in [0, 0.05) is 18.6 Å². The highest BCUT2D eigenvalue weighted by molar-refractivity contribution is 7.18. The molecule has 0 aliphatic heterocycles. The number of fused-ring (bicyclic) bond motifs is 1. The summed E-state index contributed by atoms with van der Waals surface area (Å²) in [5.41, 5.74) is 1.94. The zero-order chi connectivity index (χ0) is 16.2. The van der Waals surface area contributed by atoms with Gasteiger partial charge in [-0.25, -0.2) is 9.78 Å². The van der Waals surface area contributed by atoms with Crippen molar-refractivity contribution >= 4 is 39.2 Å². The van der Waals surface area contributed by atoms with E-state index in [9.17, 15) is 4.79 Å². The Hall–Kier alpha value is -2.11. The van der Waals surface area contributed by atoms with Crippen LogP contribution in [0.25, 0.3) is 10.2 Å². The van der Waals surface area contributed by atoms with Crippen molar-refractivity contribution in [3.63, 3.8) is 0 Å². The number of rotatable bonds is 4. The third kappa shape index (κ3) is 4.00. The Morgan fingerprint density at radius 1 is 1.26 bits per heavy atom. The van der Waals surface area contributed by atoms with Crippen molar-refractivity contribution in [1.29, 1.82) is 0 Å². The van der Waals surface area contributed by atoms with Crippen LogP contribution in [0.4, 0.5) is 4.79 Å². The summed E-state index contributed by atoms with van der Waals surface area (Å²) in [6, 6.07) is 15.3. The summed E-state index contributed by atoms with van der Waals surface area (Å²) in [6.07, 6.45) is 0. The van der Waals surface area contributed by atoms with Crippen molar-refractivity contribution < 1.29 is 4.79 Å². The van der Waals surface area contributed by atoms with E-state index in [4.69, 9.17) is 11.6 Å². The Bertz CT molecular complexity index is 800. The highest BCUT2D eigenvalue weighted by Gasteiger charge is 2.11. The molecule has 0 aliphatic rings. The van der Waals surface area contributed by atoms with Gasteiger partial charge in [0.1, 0.15) is 5.01 Å². The number of nitrogens with one attached hydrogen (secondary N) is 1. The topological polar surface area (TPSA) is 45.2 Å². The maximum Gasteiger partial charge on any atom is 0.317 e. The van der Waals surface area contributed by atoms with Crippen LogP contribution in [0.2, 0.25) is 5.02 Å². The molecule has 1 aromatic heterocycles. The lowest BCUT2D eigenvalue weighted by molar-refractivity contribution is 0.206. The Morgan fingerprint density at radius 3 is 2.87 bits per heavy atom. The van der Waals surface area contributed by atoms with Crippen LogP contribution in [0.3, 0.4) is 0 Å². The molecule has 0 unspecified atom stereocenters. The molecule has 0 saturated carbocycles. The van der Waals surface area contributed by atoms with Crippen LogP contribution in [-0.4, -0.2) is 23.0 Å². The SMILES string of the molecule is CN(Cc1nc2ccccc2s1)C(=O)NCc1cccc(Cl)c1. The van der Waals surface area contributed by atoms with Crippen LogP contribution in [0.15, 0.2) is 48.5 Å². The van der Waals surface area contributed by atoms with Gasteiger partial charge < -0.3 is 10.2 Å². The van der Waals surface area contributed by atoms with Crippen molar-refractivity contribution in [1.82, 2.24) is 15.2 Å². The first kappa shape index (κ1) is 15.8. The van der Waals surface area contributed by atoms with E-state index in [2.05, 4.69) is 10.3 Å². The maximum absolute atomic E-state index is 12.2. The second-order valence-electron chi connectivity index (χ2n) is 5.22. The highest BCUT2D eigenvalue weighted by Crippen LogP contribution is 2.22. The molecule has 3 rings (SSSR count). The standard InChI is InChI=1S/C17H16ClN3OS/c1-21(11-16-20-14-7-2-3-8-15(14)23-16)17(22)19-10-12-5-4-6-13(18)9-12/h2-9H,10-11H2,1H3,(H,19,22). The number of benzene rings is 2. The molecule has 2 amide bonds. The Labute approximate surface area is 143 Å². The fraction of sp³-hybridized carbons (Fsp3) is 0.176. The molecule has 0 atom stereocenters. The lowest BCUT2D eigenvalue weighted by Gasteiger charge is -2.16. The van der Waals surface area contributed by atoms with Gasteiger partial charge in [-0.15, -0.1) is 11.3 Å². The molecule has 23 heavy (non-hydrogen) atoms. The van der Waals surface area contributed by atoms with E-state index < -0.39 is 0 Å². The minimum absolute atomic E-state index is 0.135. The van der Waals surface area contributed by atoms with Gasteiger partial charge in [-0.2, -0.15) is 0 Å². The molecule has 6 heteroatoms. The Kier molecular flexibility index (Phi) is 4.79. The number of para-hydroxylation sites is 1. The molecule has 0 fully saturated rings. The van der Waals surface area contributed by atoms with E-state index in [-0.39, 0.29) is 6.03 Å². The summed E-state index contributed by atoms with van der Waals surface area (Å²) < 4.78 is 1.13. The van der Waals surface area contributed by atoms with Gasteiger partial charge in [-0.05, 0) is 29.8 Å². The molecular weight excluding hydrogens is 330 g/mol. The van der Waals surface area contributed by atoms with Gasteiger partial charge in [0.15, 0.2) is 0 Å². The summed E-state index contributed by atoms with van der Waals surface area (Å²) >= 11 is 7.55. The van der Waals surface area contributed by atoms with E-state index in [0.29, 0.717) is 18.1 Å². The van der Waals surface area contributed by atoms with E-state index in [1.54, 1.807) is 23.3 Å². The fourth-order valence-corrected chi connectivity index (χ4v) is 3.46. The van der Waals surface area contributed by atoms with E-state index in [1.165, 1.54) is 0 Å². The number of halogens is 1. The van der Waals surface area contributed by atoms with Crippen LogP contribution in [0.1, 0.15) is 10.6 Å². The first-order chi connectivity index (χ1) is 11.1. The number of nitrogens with zero attached hydrogens (tertiary/aromatic N) is 2. The Morgan fingerprint density at radius 2 is 2.09 bits per heavy atom. The monoisotopic (exact) mass is 345 g/mol. The van der Waals surface area contributed by atoms with Gasteiger partial charge in [0.05, 0.1) is 16.8 Å². The quantitative estimate of drug-likeness (QED) is 0.766.